The smallest absolute Gasteiger partial charge is 0.335 e. The van der Waals surface area contributed by atoms with E-state index in [2.05, 4.69) is 4.98 Å². The maximum Gasteiger partial charge on any atom is 0.335 e. The lowest BCUT2D eigenvalue weighted by Gasteiger charge is -2.21. The predicted molar refractivity (Wildman–Crippen MR) is 120 cm³/mol. The summed E-state index contributed by atoms with van der Waals surface area (Å²) in [5.74, 6) is -1.15. The number of benzene rings is 2. The highest BCUT2D eigenvalue weighted by molar-refractivity contribution is 7.90. The Kier molecular flexibility index (Phi) is 5.33. The highest BCUT2D eigenvalue weighted by Gasteiger charge is 2.30. The summed E-state index contributed by atoms with van der Waals surface area (Å²) in [6.45, 7) is 4.47. The minimum atomic E-state index is -4.01. The summed E-state index contributed by atoms with van der Waals surface area (Å²) in [6.07, 6.45) is 0. The second-order valence-electron chi connectivity index (χ2n) is 7.57. The quantitative estimate of drug-likeness (QED) is 0.426. The van der Waals surface area contributed by atoms with Crippen molar-refractivity contribution in [2.24, 2.45) is 0 Å². The van der Waals surface area contributed by atoms with Crippen LogP contribution in [0.5, 0.6) is 0 Å². The van der Waals surface area contributed by atoms with Gasteiger partial charge in [0.2, 0.25) is 0 Å². The standard InChI is InChI=1S/C21H19ClN2O5S2/c1-12-23-17-6-5-16(10-19(17)30-12)31(27,28)24-15(11-29-21(2,3)20(25)26)9-13-8-14(22)4-7-18(13)24/h4-10H,11H2,1-3H3,(H,25,26). The van der Waals surface area contributed by atoms with Crippen LogP contribution in [-0.4, -0.2) is 34.1 Å². The molecular weight excluding hydrogens is 460 g/mol. The molecule has 2 aromatic heterocycles. The molecule has 7 nitrogen and oxygen atoms in total. The number of hydrogen-bond donors (Lipinski definition) is 1. The maximum absolute atomic E-state index is 13.7. The topological polar surface area (TPSA) is 98.5 Å². The molecule has 0 bridgehead atoms. The van der Waals surface area contributed by atoms with E-state index in [-0.39, 0.29) is 11.5 Å². The number of ether oxygens (including phenoxy) is 1. The number of thiazole rings is 1. The van der Waals surface area contributed by atoms with E-state index in [1.807, 2.05) is 6.92 Å². The highest BCUT2D eigenvalue weighted by atomic mass is 35.5. The fourth-order valence-electron chi connectivity index (χ4n) is 3.21. The number of rotatable bonds is 6. The van der Waals surface area contributed by atoms with Gasteiger partial charge in [0.05, 0.1) is 37.9 Å². The predicted octanol–water partition coefficient (Wildman–Crippen LogP) is 4.83. The summed E-state index contributed by atoms with van der Waals surface area (Å²) in [7, 11) is -4.01. The third kappa shape index (κ3) is 3.94. The van der Waals surface area contributed by atoms with Gasteiger partial charge in [0, 0.05) is 10.4 Å². The van der Waals surface area contributed by atoms with Gasteiger partial charge in [-0.3, -0.25) is 0 Å². The summed E-state index contributed by atoms with van der Waals surface area (Å²) >= 11 is 7.51. The summed E-state index contributed by atoms with van der Waals surface area (Å²) in [6, 6.07) is 11.3. The zero-order chi connectivity index (χ0) is 22.6. The Labute approximate surface area is 187 Å². The lowest BCUT2D eigenvalue weighted by molar-refractivity contribution is -0.162. The molecule has 162 valence electrons. The first kappa shape index (κ1) is 21.8. The van der Waals surface area contributed by atoms with Gasteiger partial charge in [0.25, 0.3) is 10.0 Å². The number of nitrogens with zero attached hydrogens (tertiary/aromatic N) is 2. The van der Waals surface area contributed by atoms with Crippen molar-refractivity contribution < 1.29 is 23.1 Å². The zero-order valence-electron chi connectivity index (χ0n) is 16.9. The Balaban J connectivity index is 1.88. The molecule has 1 N–H and O–H groups in total. The SMILES string of the molecule is Cc1nc2ccc(S(=O)(=O)n3c(COC(C)(C)C(=O)O)cc4cc(Cl)ccc43)cc2s1. The Morgan fingerprint density at radius 1 is 1.23 bits per heavy atom. The minimum Gasteiger partial charge on any atom is -0.479 e. The number of hydrogen-bond acceptors (Lipinski definition) is 6. The number of aromatic nitrogens is 2. The molecular formula is C21H19ClN2O5S2. The largest absolute Gasteiger partial charge is 0.479 e. The fourth-order valence-corrected chi connectivity index (χ4v) is 5.88. The lowest BCUT2D eigenvalue weighted by atomic mass is 10.1. The van der Waals surface area contributed by atoms with Crippen LogP contribution in [0.25, 0.3) is 21.1 Å². The Bertz CT molecular complexity index is 1440. The number of fused-ring (bicyclic) bond motifs is 2. The van der Waals surface area contributed by atoms with E-state index >= 15 is 0 Å². The van der Waals surface area contributed by atoms with Crippen molar-refractivity contribution >= 4 is 60.0 Å². The van der Waals surface area contributed by atoms with Crippen LogP contribution in [0, 0.1) is 6.92 Å². The molecule has 0 fully saturated rings. The third-order valence-corrected chi connectivity index (χ3v) is 7.82. The zero-order valence-corrected chi connectivity index (χ0v) is 19.3. The van der Waals surface area contributed by atoms with Crippen LogP contribution >= 0.6 is 22.9 Å². The molecule has 2 heterocycles. The molecule has 4 rings (SSSR count). The molecule has 0 aliphatic rings. The Morgan fingerprint density at radius 2 is 1.97 bits per heavy atom. The van der Waals surface area contributed by atoms with Crippen LogP contribution in [0.1, 0.15) is 24.5 Å². The summed E-state index contributed by atoms with van der Waals surface area (Å²) in [5, 5.41) is 11.2. The number of aliphatic carboxylic acids is 1. The van der Waals surface area contributed by atoms with Gasteiger partial charge >= 0.3 is 5.97 Å². The van der Waals surface area contributed by atoms with Crippen molar-refractivity contribution in [2.75, 3.05) is 0 Å². The van der Waals surface area contributed by atoms with E-state index in [1.165, 1.54) is 35.2 Å². The number of carboxylic acid groups (broad SMARTS) is 1. The first-order chi connectivity index (χ1) is 14.5. The third-order valence-electron chi connectivity index (χ3n) is 4.89. The van der Waals surface area contributed by atoms with E-state index < -0.39 is 21.6 Å². The first-order valence-corrected chi connectivity index (χ1v) is 11.9. The van der Waals surface area contributed by atoms with Crippen molar-refractivity contribution in [3.8, 4) is 0 Å². The molecule has 0 unspecified atom stereocenters. The maximum atomic E-state index is 13.7. The second kappa shape index (κ2) is 7.59. The molecule has 0 spiro atoms. The van der Waals surface area contributed by atoms with E-state index in [9.17, 15) is 18.3 Å². The van der Waals surface area contributed by atoms with Crippen molar-refractivity contribution in [3.63, 3.8) is 0 Å². The molecule has 4 aromatic rings. The van der Waals surface area contributed by atoms with Crippen molar-refractivity contribution in [3.05, 3.63) is 58.2 Å². The minimum absolute atomic E-state index is 0.106. The summed E-state index contributed by atoms with van der Waals surface area (Å²) < 4.78 is 34.8. The molecule has 0 amide bonds. The van der Waals surface area contributed by atoms with E-state index in [4.69, 9.17) is 16.3 Å². The number of carbonyl (C=O) groups is 1. The van der Waals surface area contributed by atoms with E-state index in [0.717, 1.165) is 15.2 Å². The van der Waals surface area contributed by atoms with Crippen LogP contribution in [0.3, 0.4) is 0 Å². The molecule has 0 radical (unpaired) electrons. The van der Waals surface area contributed by atoms with Gasteiger partial charge < -0.3 is 9.84 Å². The second-order valence-corrected chi connectivity index (χ2v) is 11.0. The van der Waals surface area contributed by atoms with Gasteiger partial charge in [0.15, 0.2) is 5.60 Å². The van der Waals surface area contributed by atoms with Crippen LogP contribution in [-0.2, 0) is 26.2 Å². The molecule has 0 atom stereocenters. The van der Waals surface area contributed by atoms with Gasteiger partial charge in [-0.05, 0) is 63.2 Å². The van der Waals surface area contributed by atoms with Crippen molar-refractivity contribution in [1.29, 1.82) is 0 Å². The van der Waals surface area contributed by atoms with Gasteiger partial charge in [0.1, 0.15) is 0 Å². The average Bonchev–Trinajstić information content (AvgIpc) is 3.24. The molecule has 0 aliphatic carbocycles. The number of aryl methyl sites for hydroxylation is 1. The van der Waals surface area contributed by atoms with E-state index in [1.54, 1.807) is 36.4 Å². The fraction of sp³-hybridized carbons (Fsp3) is 0.238. The van der Waals surface area contributed by atoms with Gasteiger partial charge in [-0.15, -0.1) is 11.3 Å². The molecule has 31 heavy (non-hydrogen) atoms. The molecule has 0 aliphatic heterocycles. The van der Waals surface area contributed by atoms with E-state index in [0.29, 0.717) is 21.6 Å². The van der Waals surface area contributed by atoms with Crippen molar-refractivity contribution in [1.82, 2.24) is 8.96 Å². The summed E-state index contributed by atoms with van der Waals surface area (Å²) in [4.78, 5) is 15.9. The summed E-state index contributed by atoms with van der Waals surface area (Å²) in [5.41, 5.74) is -0.0249. The van der Waals surface area contributed by atoms with Crippen molar-refractivity contribution in [2.45, 2.75) is 37.9 Å². The van der Waals surface area contributed by atoms with Crippen LogP contribution in [0.2, 0.25) is 5.02 Å². The molecule has 10 heteroatoms. The van der Waals surface area contributed by atoms with Crippen LogP contribution in [0.15, 0.2) is 47.4 Å². The highest BCUT2D eigenvalue weighted by Crippen LogP contribution is 2.31. The Hall–Kier alpha value is -2.46. The molecule has 2 aromatic carbocycles. The average molecular weight is 479 g/mol. The van der Waals surface area contributed by atoms with Crippen LogP contribution in [0.4, 0.5) is 0 Å². The lowest BCUT2D eigenvalue weighted by Crippen LogP contribution is -2.34. The first-order valence-electron chi connectivity index (χ1n) is 9.29. The molecule has 0 saturated heterocycles. The normalized spacial score (nSPS) is 12.6. The Morgan fingerprint density at radius 3 is 2.68 bits per heavy atom. The molecule has 0 saturated carbocycles. The monoisotopic (exact) mass is 478 g/mol. The number of carboxylic acids is 1. The van der Waals surface area contributed by atoms with Gasteiger partial charge in [-0.1, -0.05) is 11.6 Å². The van der Waals surface area contributed by atoms with Crippen LogP contribution < -0.4 is 0 Å². The van der Waals surface area contributed by atoms with Gasteiger partial charge in [-0.25, -0.2) is 22.2 Å². The van der Waals surface area contributed by atoms with Gasteiger partial charge in [-0.2, -0.15) is 0 Å². The number of halogens is 1.